The van der Waals surface area contributed by atoms with Gasteiger partial charge in [0.1, 0.15) is 6.29 Å². The predicted octanol–water partition coefficient (Wildman–Crippen LogP) is 1.72. The highest BCUT2D eigenvalue weighted by Crippen LogP contribution is 2.24. The third-order valence-corrected chi connectivity index (χ3v) is 2.55. The summed E-state index contributed by atoms with van der Waals surface area (Å²) in [6.45, 7) is 0.822. The Morgan fingerprint density at radius 2 is 1.94 bits per heavy atom. The second kappa shape index (κ2) is 6.91. The highest BCUT2D eigenvalue weighted by molar-refractivity contribution is 5.64. The van der Waals surface area contributed by atoms with Gasteiger partial charge in [-0.2, -0.15) is 0 Å². The van der Waals surface area contributed by atoms with Gasteiger partial charge in [-0.15, -0.1) is 0 Å². The van der Waals surface area contributed by atoms with Crippen LogP contribution in [0.2, 0.25) is 0 Å². The molecule has 0 saturated carbocycles. The van der Waals surface area contributed by atoms with Crippen molar-refractivity contribution < 1.29 is 4.79 Å². The molecule has 0 bridgehead atoms. The number of aldehydes is 1. The summed E-state index contributed by atoms with van der Waals surface area (Å²) in [6, 6.07) is 5.58. The molecule has 1 unspecified atom stereocenters. The van der Waals surface area contributed by atoms with Gasteiger partial charge in [0.05, 0.1) is 11.4 Å². The Balaban J connectivity index is 0.00000256. The second-order valence-corrected chi connectivity index (χ2v) is 4.25. The minimum absolute atomic E-state index is 0. The Hall–Kier alpha value is -1.55. The number of rotatable bonds is 5. The number of benzene rings is 1. The quantitative estimate of drug-likeness (QED) is 0.604. The largest absolute Gasteiger partial charge is 0.397 e. The zero-order valence-electron chi connectivity index (χ0n) is 9.81. The molecule has 1 aromatic carbocycles. The number of anilines is 2. The summed E-state index contributed by atoms with van der Waals surface area (Å²) in [6.07, 6.45) is 1.45. The van der Waals surface area contributed by atoms with Gasteiger partial charge in [-0.3, -0.25) is 0 Å². The average molecular weight is 237 g/mol. The van der Waals surface area contributed by atoms with Gasteiger partial charge < -0.3 is 21.2 Å². The zero-order chi connectivity index (χ0) is 12.1. The van der Waals surface area contributed by atoms with E-state index < -0.39 is 0 Å². The van der Waals surface area contributed by atoms with Crippen molar-refractivity contribution in [3.8, 4) is 0 Å². The van der Waals surface area contributed by atoms with Crippen molar-refractivity contribution in [1.29, 1.82) is 0 Å². The van der Waals surface area contributed by atoms with Gasteiger partial charge in [0.15, 0.2) is 0 Å². The topological polar surface area (TPSA) is 72.3 Å². The zero-order valence-corrected chi connectivity index (χ0v) is 9.81. The molecule has 0 aromatic heterocycles. The molecule has 0 saturated heterocycles. The average Bonchev–Trinajstić information content (AvgIpc) is 2.21. The predicted molar refractivity (Wildman–Crippen MR) is 74.0 cm³/mol. The highest BCUT2D eigenvalue weighted by atomic mass is 16.1. The van der Waals surface area contributed by atoms with E-state index in [2.05, 4.69) is 4.90 Å². The van der Waals surface area contributed by atoms with Gasteiger partial charge in [-0.1, -0.05) is 13.5 Å². The Labute approximate surface area is 104 Å². The lowest BCUT2D eigenvalue weighted by atomic mass is 9.95. The summed E-state index contributed by atoms with van der Waals surface area (Å²) in [5, 5.41) is 0. The number of carbonyl (C=O) groups is 1. The molecule has 0 amide bonds. The molecular formula is C13H23N3O. The van der Waals surface area contributed by atoms with Gasteiger partial charge in [0.2, 0.25) is 0 Å². The van der Waals surface area contributed by atoms with Crippen LogP contribution < -0.4 is 11.5 Å². The molecule has 1 atom stereocenters. The maximum absolute atomic E-state index is 10.6. The first-order valence-electron chi connectivity index (χ1n) is 5.28. The fourth-order valence-corrected chi connectivity index (χ4v) is 1.72. The van der Waals surface area contributed by atoms with Gasteiger partial charge in [-0.25, -0.2) is 0 Å². The van der Waals surface area contributed by atoms with Crippen LogP contribution in [-0.4, -0.2) is 31.8 Å². The van der Waals surface area contributed by atoms with E-state index in [1.54, 1.807) is 6.07 Å². The van der Waals surface area contributed by atoms with Crippen molar-refractivity contribution in [2.75, 3.05) is 32.1 Å². The highest BCUT2D eigenvalue weighted by Gasteiger charge is 2.13. The molecule has 4 heteroatoms. The first-order chi connectivity index (χ1) is 7.54. The summed E-state index contributed by atoms with van der Waals surface area (Å²) in [5.74, 6) is 0.176. The van der Waals surface area contributed by atoms with Crippen LogP contribution in [0.3, 0.4) is 0 Å². The van der Waals surface area contributed by atoms with Crippen LogP contribution in [0.4, 0.5) is 11.4 Å². The molecule has 0 aliphatic carbocycles. The molecular weight excluding hydrogens is 214 g/mol. The van der Waals surface area contributed by atoms with E-state index in [9.17, 15) is 4.79 Å². The maximum atomic E-state index is 10.6. The van der Waals surface area contributed by atoms with Gasteiger partial charge in [0.25, 0.3) is 0 Å². The fourth-order valence-electron chi connectivity index (χ4n) is 1.72. The third kappa shape index (κ3) is 4.44. The molecule has 1 rings (SSSR count). The summed E-state index contributed by atoms with van der Waals surface area (Å²) >= 11 is 0. The lowest BCUT2D eigenvalue weighted by molar-refractivity contribution is -0.108. The summed E-state index contributed by atoms with van der Waals surface area (Å²) in [4.78, 5) is 12.7. The third-order valence-electron chi connectivity index (χ3n) is 2.55. The Morgan fingerprint density at radius 3 is 2.41 bits per heavy atom. The van der Waals surface area contributed by atoms with Crippen molar-refractivity contribution in [2.24, 2.45) is 0 Å². The van der Waals surface area contributed by atoms with Crippen LogP contribution in [0.5, 0.6) is 0 Å². The number of hydrogen-bond acceptors (Lipinski definition) is 4. The monoisotopic (exact) mass is 237 g/mol. The second-order valence-electron chi connectivity index (χ2n) is 4.25. The molecule has 4 N–H and O–H groups in total. The SMILES string of the molecule is C.CN(C)CC(CC=O)c1ccc(N)c(N)c1. The van der Waals surface area contributed by atoms with E-state index in [0.29, 0.717) is 17.8 Å². The smallest absolute Gasteiger partial charge is 0.120 e. The number of nitrogens with zero attached hydrogens (tertiary/aromatic N) is 1. The Kier molecular flexibility index (Phi) is 6.28. The molecule has 0 spiro atoms. The minimum atomic E-state index is 0. The number of nitrogen functional groups attached to an aromatic ring is 2. The van der Waals surface area contributed by atoms with Gasteiger partial charge in [-0.05, 0) is 31.8 Å². The van der Waals surface area contributed by atoms with Gasteiger partial charge in [0, 0.05) is 18.9 Å². The number of nitrogens with two attached hydrogens (primary N) is 2. The van der Waals surface area contributed by atoms with Gasteiger partial charge >= 0.3 is 0 Å². The number of carbonyl (C=O) groups excluding carboxylic acids is 1. The Morgan fingerprint density at radius 1 is 1.29 bits per heavy atom. The van der Waals surface area contributed by atoms with Crippen molar-refractivity contribution >= 4 is 17.7 Å². The normalized spacial score (nSPS) is 11.9. The van der Waals surface area contributed by atoms with E-state index in [1.165, 1.54) is 0 Å². The van der Waals surface area contributed by atoms with Crippen LogP contribution in [0.25, 0.3) is 0 Å². The van der Waals surface area contributed by atoms with Crippen LogP contribution in [-0.2, 0) is 4.79 Å². The van der Waals surface area contributed by atoms with Crippen molar-refractivity contribution in [1.82, 2.24) is 4.90 Å². The lowest BCUT2D eigenvalue weighted by Gasteiger charge is -2.20. The van der Waals surface area contributed by atoms with Crippen LogP contribution >= 0.6 is 0 Å². The van der Waals surface area contributed by atoms with E-state index in [1.807, 2.05) is 26.2 Å². The number of hydrogen-bond donors (Lipinski definition) is 2. The minimum Gasteiger partial charge on any atom is -0.397 e. The molecule has 0 heterocycles. The molecule has 17 heavy (non-hydrogen) atoms. The fraction of sp³-hybridized carbons (Fsp3) is 0.462. The maximum Gasteiger partial charge on any atom is 0.120 e. The van der Waals surface area contributed by atoms with Crippen LogP contribution in [0, 0.1) is 0 Å². The van der Waals surface area contributed by atoms with Crippen molar-refractivity contribution in [3.63, 3.8) is 0 Å². The molecule has 0 fully saturated rings. The van der Waals surface area contributed by atoms with E-state index in [0.717, 1.165) is 18.4 Å². The molecule has 0 radical (unpaired) electrons. The summed E-state index contributed by atoms with van der Waals surface area (Å²) < 4.78 is 0. The van der Waals surface area contributed by atoms with E-state index in [4.69, 9.17) is 11.5 Å². The van der Waals surface area contributed by atoms with Crippen LogP contribution in [0.1, 0.15) is 25.3 Å². The molecule has 1 aromatic rings. The molecule has 96 valence electrons. The molecule has 4 nitrogen and oxygen atoms in total. The molecule has 0 aliphatic heterocycles. The van der Waals surface area contributed by atoms with E-state index >= 15 is 0 Å². The van der Waals surface area contributed by atoms with Crippen molar-refractivity contribution in [3.05, 3.63) is 23.8 Å². The first-order valence-corrected chi connectivity index (χ1v) is 5.28. The summed E-state index contributed by atoms with van der Waals surface area (Å²) in [5.41, 5.74) is 13.6. The number of likely N-dealkylation sites (N-methyl/N-ethyl adjacent to an activating group) is 1. The van der Waals surface area contributed by atoms with E-state index in [-0.39, 0.29) is 13.3 Å². The molecule has 0 aliphatic rings. The summed E-state index contributed by atoms with van der Waals surface area (Å²) in [7, 11) is 3.97. The van der Waals surface area contributed by atoms with Crippen molar-refractivity contribution in [2.45, 2.75) is 19.8 Å². The first kappa shape index (κ1) is 15.4. The standard InChI is InChI=1S/C12H19N3O.CH4/c1-15(2)8-10(5-6-16)9-3-4-11(13)12(14)7-9;/h3-4,6-7,10H,5,8,13-14H2,1-2H3;1H4. The Bertz CT molecular complexity index is 364. The van der Waals surface area contributed by atoms with Crippen LogP contribution in [0.15, 0.2) is 18.2 Å². The lowest BCUT2D eigenvalue weighted by Crippen LogP contribution is -2.20.